The van der Waals surface area contributed by atoms with Crippen molar-refractivity contribution in [2.75, 3.05) is 0 Å². The lowest BCUT2D eigenvalue weighted by molar-refractivity contribution is -0.00951. The smallest absolute Gasteiger partial charge is 0.233 e. The van der Waals surface area contributed by atoms with Crippen molar-refractivity contribution in [1.29, 1.82) is 0 Å². The minimum absolute atomic E-state index is 0.0590. The number of benzene rings is 1. The molecule has 2 fully saturated rings. The highest BCUT2D eigenvalue weighted by atomic mass is 19.1. The van der Waals surface area contributed by atoms with Crippen LogP contribution in [-0.4, -0.2) is 53.4 Å². The second-order valence-electron chi connectivity index (χ2n) is 8.69. The molecule has 0 saturated carbocycles. The summed E-state index contributed by atoms with van der Waals surface area (Å²) in [5.74, 6) is 0.337. The molecule has 2 aromatic heterocycles. The van der Waals surface area contributed by atoms with E-state index in [1.165, 1.54) is 0 Å². The van der Waals surface area contributed by atoms with Gasteiger partial charge in [0, 0.05) is 29.7 Å². The van der Waals surface area contributed by atoms with Crippen LogP contribution in [-0.2, 0) is 0 Å². The summed E-state index contributed by atoms with van der Waals surface area (Å²) in [6, 6.07) is 8.55. The van der Waals surface area contributed by atoms with Crippen LogP contribution in [0.4, 0.5) is 4.39 Å². The average molecular weight is 410 g/mol. The number of aromatic hydroxyl groups is 1. The van der Waals surface area contributed by atoms with E-state index in [0.29, 0.717) is 17.7 Å². The van der Waals surface area contributed by atoms with Crippen LogP contribution in [0.25, 0.3) is 16.9 Å². The minimum atomic E-state index is -1.12. The predicted octanol–water partition coefficient (Wildman–Crippen LogP) is 2.82. The average Bonchev–Trinajstić information content (AvgIpc) is 3.34. The van der Waals surface area contributed by atoms with E-state index in [0.717, 1.165) is 18.5 Å². The van der Waals surface area contributed by atoms with Gasteiger partial charge >= 0.3 is 0 Å². The fourth-order valence-corrected chi connectivity index (χ4v) is 4.68. The van der Waals surface area contributed by atoms with Crippen LogP contribution in [0.15, 0.2) is 43.0 Å². The van der Waals surface area contributed by atoms with Gasteiger partial charge in [0.2, 0.25) is 5.88 Å². The number of alkyl halides is 1. The van der Waals surface area contributed by atoms with Crippen LogP contribution in [0.3, 0.4) is 0 Å². The van der Waals surface area contributed by atoms with Crippen LogP contribution in [0, 0.1) is 0 Å². The Morgan fingerprint density at radius 1 is 1.13 bits per heavy atom. The third-order valence-corrected chi connectivity index (χ3v) is 6.26. The van der Waals surface area contributed by atoms with Gasteiger partial charge in [0.15, 0.2) is 6.17 Å². The Kier molecular flexibility index (Phi) is 4.25. The van der Waals surface area contributed by atoms with Gasteiger partial charge in [-0.15, -0.1) is 20.4 Å². The van der Waals surface area contributed by atoms with E-state index in [-0.39, 0.29) is 17.2 Å². The number of phenols is 1. The van der Waals surface area contributed by atoms with Gasteiger partial charge < -0.3 is 15.2 Å². The Bertz CT molecular complexity index is 1060. The van der Waals surface area contributed by atoms with E-state index in [1.807, 2.05) is 13.0 Å². The van der Waals surface area contributed by atoms with Gasteiger partial charge in [0.1, 0.15) is 24.5 Å². The summed E-state index contributed by atoms with van der Waals surface area (Å²) in [7, 11) is 0. The third-order valence-electron chi connectivity index (χ3n) is 6.26. The Morgan fingerprint density at radius 3 is 2.63 bits per heavy atom. The van der Waals surface area contributed by atoms with Crippen molar-refractivity contribution in [2.24, 2.45) is 0 Å². The summed E-state index contributed by atoms with van der Waals surface area (Å²) in [5, 5.41) is 29.7. The number of nitrogens with zero attached hydrogens (tertiary/aromatic N) is 5. The van der Waals surface area contributed by atoms with Crippen molar-refractivity contribution < 1.29 is 14.2 Å². The topological polar surface area (TPSA) is 98.0 Å². The molecular weight excluding hydrogens is 387 g/mol. The molecule has 9 heteroatoms. The second-order valence-corrected chi connectivity index (χ2v) is 8.69. The van der Waals surface area contributed by atoms with Crippen molar-refractivity contribution in [3.63, 3.8) is 0 Å². The molecule has 4 atom stereocenters. The molecule has 3 aromatic rings. The molecule has 2 aliphatic heterocycles. The molecule has 8 nitrogen and oxygen atoms in total. The maximum atomic E-state index is 15.1. The normalized spacial score (nSPS) is 30.4. The van der Waals surface area contributed by atoms with Gasteiger partial charge in [0.05, 0.1) is 16.9 Å². The van der Waals surface area contributed by atoms with Crippen molar-refractivity contribution in [3.8, 4) is 28.6 Å². The number of fused-ring (bicyclic) bond motifs is 2. The molecule has 30 heavy (non-hydrogen) atoms. The van der Waals surface area contributed by atoms with E-state index < -0.39 is 17.8 Å². The standard InChI is InChI=1S/C21H23FN6O2/c1-20-7-8-21(2,27-20)19(22)17(10-20)30-18-6-5-15(25-26-18)14-4-3-13(9-16(14)29)28-11-23-24-12-28/h3-6,9,11-12,17,19,27,29H,7-8,10H2,1-2H3/t17-,19-,20-,21+/m0/s1. The third kappa shape index (κ3) is 3.19. The first-order valence-corrected chi connectivity index (χ1v) is 9.97. The Labute approximate surface area is 173 Å². The van der Waals surface area contributed by atoms with Crippen LogP contribution in [0.5, 0.6) is 11.6 Å². The Hall–Kier alpha value is -3.07. The van der Waals surface area contributed by atoms with Crippen LogP contribution >= 0.6 is 0 Å². The number of nitrogens with one attached hydrogen (secondary N) is 1. The quantitative estimate of drug-likeness (QED) is 0.682. The van der Waals surface area contributed by atoms with E-state index >= 15 is 4.39 Å². The maximum Gasteiger partial charge on any atom is 0.233 e. The number of aromatic nitrogens is 5. The van der Waals surface area contributed by atoms with Crippen molar-refractivity contribution in [3.05, 3.63) is 43.0 Å². The zero-order valence-corrected chi connectivity index (χ0v) is 16.8. The summed E-state index contributed by atoms with van der Waals surface area (Å²) in [5.41, 5.74) is 1.08. The van der Waals surface area contributed by atoms with Crippen LogP contribution in [0.2, 0.25) is 0 Å². The van der Waals surface area contributed by atoms with Gasteiger partial charge in [-0.25, -0.2) is 4.39 Å². The van der Waals surface area contributed by atoms with E-state index in [1.54, 1.807) is 41.5 Å². The van der Waals surface area contributed by atoms with Gasteiger partial charge in [-0.05, 0) is 44.9 Å². The minimum Gasteiger partial charge on any atom is -0.507 e. The highest BCUT2D eigenvalue weighted by Crippen LogP contribution is 2.44. The SMILES string of the molecule is C[C@@]12CC[C@@](C)(N1)[C@@H](F)[C@@H](Oc1ccc(-c3ccc(-n4cnnc4)cc3O)nn1)C2. The van der Waals surface area contributed by atoms with E-state index in [9.17, 15) is 5.11 Å². The molecule has 5 rings (SSSR count). The molecule has 2 N–H and O–H groups in total. The summed E-state index contributed by atoms with van der Waals surface area (Å²) in [6.07, 6.45) is 3.71. The number of halogens is 1. The number of hydrogen-bond donors (Lipinski definition) is 2. The molecule has 2 aliphatic rings. The Balaban J connectivity index is 1.34. The second kappa shape index (κ2) is 6.73. The summed E-state index contributed by atoms with van der Waals surface area (Å²) < 4.78 is 22.6. The zero-order chi connectivity index (χ0) is 20.9. The summed E-state index contributed by atoms with van der Waals surface area (Å²) in [4.78, 5) is 0. The molecular formula is C21H23FN6O2. The number of hydrogen-bond acceptors (Lipinski definition) is 7. The number of piperidine rings is 1. The first-order chi connectivity index (χ1) is 14.4. The summed E-state index contributed by atoms with van der Waals surface area (Å²) in [6.45, 7) is 4.03. The molecule has 0 aliphatic carbocycles. The first-order valence-electron chi connectivity index (χ1n) is 9.97. The van der Waals surface area contributed by atoms with E-state index in [4.69, 9.17) is 4.74 Å². The van der Waals surface area contributed by atoms with E-state index in [2.05, 4.69) is 32.6 Å². The largest absolute Gasteiger partial charge is 0.507 e. The molecule has 2 bridgehead atoms. The first kappa shape index (κ1) is 18.9. The highest BCUT2D eigenvalue weighted by Gasteiger charge is 2.56. The maximum absolute atomic E-state index is 15.1. The molecule has 156 valence electrons. The molecule has 0 unspecified atom stereocenters. The lowest BCUT2D eigenvalue weighted by Gasteiger charge is -2.43. The van der Waals surface area contributed by atoms with Gasteiger partial charge in [-0.1, -0.05) is 0 Å². The number of rotatable bonds is 4. The van der Waals surface area contributed by atoms with Gasteiger partial charge in [-0.2, -0.15) is 0 Å². The monoisotopic (exact) mass is 410 g/mol. The molecule has 0 amide bonds. The molecule has 0 spiro atoms. The predicted molar refractivity (Wildman–Crippen MR) is 107 cm³/mol. The zero-order valence-electron chi connectivity index (χ0n) is 16.8. The van der Waals surface area contributed by atoms with Crippen molar-refractivity contribution in [2.45, 2.75) is 56.5 Å². The van der Waals surface area contributed by atoms with Gasteiger partial charge in [-0.3, -0.25) is 4.57 Å². The summed E-state index contributed by atoms with van der Waals surface area (Å²) >= 11 is 0. The highest BCUT2D eigenvalue weighted by molar-refractivity contribution is 5.68. The lowest BCUT2D eigenvalue weighted by Crippen LogP contribution is -2.63. The lowest BCUT2D eigenvalue weighted by atomic mass is 9.85. The number of phenolic OH excluding ortho intramolecular Hbond substituents is 1. The Morgan fingerprint density at radius 2 is 1.93 bits per heavy atom. The molecule has 4 heterocycles. The van der Waals surface area contributed by atoms with Crippen molar-refractivity contribution in [1.82, 2.24) is 30.3 Å². The van der Waals surface area contributed by atoms with Gasteiger partial charge in [0.25, 0.3) is 0 Å². The number of ether oxygens (including phenoxy) is 1. The fraction of sp³-hybridized carbons (Fsp3) is 0.429. The van der Waals surface area contributed by atoms with Crippen LogP contribution < -0.4 is 10.1 Å². The van der Waals surface area contributed by atoms with Crippen LogP contribution in [0.1, 0.15) is 33.1 Å². The molecule has 1 aromatic carbocycles. The molecule has 0 radical (unpaired) electrons. The van der Waals surface area contributed by atoms with Crippen molar-refractivity contribution >= 4 is 0 Å². The molecule has 2 saturated heterocycles. The fourth-order valence-electron chi connectivity index (χ4n) is 4.68.